The molecule has 0 spiro atoms. The van der Waals surface area contributed by atoms with Crippen LogP contribution < -0.4 is 0 Å². The molecule has 0 aliphatic heterocycles. The molecular formula is C22H25NO6. The van der Waals surface area contributed by atoms with Crippen LogP contribution in [0, 0.1) is 10.8 Å². The summed E-state index contributed by atoms with van der Waals surface area (Å²) in [5.74, 6) is -0.872. The minimum absolute atomic E-state index is 0.288. The number of esters is 2. The average Bonchev–Trinajstić information content (AvgIpc) is 3.01. The molecule has 3 fully saturated rings. The Bertz CT molecular complexity index is 994. The van der Waals surface area contributed by atoms with Gasteiger partial charge in [0.05, 0.1) is 30.6 Å². The van der Waals surface area contributed by atoms with Gasteiger partial charge < -0.3 is 14.2 Å². The summed E-state index contributed by atoms with van der Waals surface area (Å²) < 4.78 is 16.9. The average molecular weight is 399 g/mol. The van der Waals surface area contributed by atoms with Gasteiger partial charge in [0, 0.05) is 17.5 Å². The van der Waals surface area contributed by atoms with Gasteiger partial charge in [0.15, 0.2) is 0 Å². The first-order valence-corrected chi connectivity index (χ1v) is 9.59. The molecule has 3 aliphatic carbocycles. The minimum Gasteiger partial charge on any atom is -0.469 e. The lowest BCUT2D eigenvalue weighted by Gasteiger charge is -2.72. The lowest BCUT2D eigenvalue weighted by Crippen LogP contribution is -2.74. The number of rotatable bonds is 3. The molecule has 0 radical (unpaired) electrons. The summed E-state index contributed by atoms with van der Waals surface area (Å²) in [6.45, 7) is 5.45. The molecule has 5 rings (SSSR count). The normalized spacial score (nSPS) is 27.6. The Morgan fingerprint density at radius 1 is 1.00 bits per heavy atom. The molecule has 7 heteroatoms. The van der Waals surface area contributed by atoms with E-state index in [1.54, 1.807) is 6.20 Å². The van der Waals surface area contributed by atoms with E-state index in [2.05, 4.69) is 0 Å². The monoisotopic (exact) mass is 399 g/mol. The van der Waals surface area contributed by atoms with Crippen LogP contribution in [0.1, 0.15) is 45.1 Å². The number of benzene rings is 1. The van der Waals surface area contributed by atoms with E-state index in [4.69, 9.17) is 14.2 Å². The van der Waals surface area contributed by atoms with Gasteiger partial charge in [-0.3, -0.25) is 14.2 Å². The van der Waals surface area contributed by atoms with Crippen LogP contribution in [0.2, 0.25) is 0 Å². The van der Waals surface area contributed by atoms with Gasteiger partial charge in [-0.1, -0.05) is 6.07 Å². The van der Waals surface area contributed by atoms with Crippen molar-refractivity contribution in [3.05, 3.63) is 36.0 Å². The van der Waals surface area contributed by atoms with Crippen LogP contribution >= 0.6 is 0 Å². The van der Waals surface area contributed by atoms with Crippen molar-refractivity contribution in [1.29, 1.82) is 0 Å². The van der Waals surface area contributed by atoms with E-state index in [0.717, 1.165) is 10.9 Å². The van der Waals surface area contributed by atoms with Crippen LogP contribution in [0.5, 0.6) is 0 Å². The van der Waals surface area contributed by atoms with Gasteiger partial charge in [-0.25, -0.2) is 4.79 Å². The maximum absolute atomic E-state index is 12.5. The summed E-state index contributed by atoms with van der Waals surface area (Å²) in [5.41, 5.74) is -0.377. The van der Waals surface area contributed by atoms with Gasteiger partial charge in [-0.2, -0.15) is 0 Å². The van der Waals surface area contributed by atoms with Gasteiger partial charge >= 0.3 is 18.0 Å². The van der Waals surface area contributed by atoms with Crippen LogP contribution in [-0.4, -0.2) is 42.4 Å². The summed E-state index contributed by atoms with van der Waals surface area (Å²) in [4.78, 5) is 37.3. The first kappa shape index (κ1) is 19.5. The van der Waals surface area contributed by atoms with Crippen LogP contribution in [0.4, 0.5) is 4.79 Å². The summed E-state index contributed by atoms with van der Waals surface area (Å²) in [6, 6.07) is 7.43. The van der Waals surface area contributed by atoms with E-state index in [0.29, 0.717) is 18.4 Å². The largest absolute Gasteiger partial charge is 0.469 e. The second-order valence-corrected chi connectivity index (χ2v) is 9.07. The van der Waals surface area contributed by atoms with E-state index in [-0.39, 0.29) is 17.9 Å². The Hall–Kier alpha value is -2.83. The molecule has 154 valence electrons. The van der Waals surface area contributed by atoms with Crippen molar-refractivity contribution in [3.8, 4) is 0 Å². The Balaban J connectivity index is 1.70. The Labute approximate surface area is 168 Å². The second kappa shape index (κ2) is 6.08. The summed E-state index contributed by atoms with van der Waals surface area (Å²) in [5, 5.41) is 0.833. The molecular weight excluding hydrogens is 374 g/mol. The standard InChI is InChI=1S/C22H25NO6/c1-20(2,3)29-19(26)23-9-8-13-10-14(6-7-15(13)23)16-21(17(24)27-4)11-22(16,12-21)18(25)28-5/h6-10,16H,11-12H2,1-5H3. The smallest absolute Gasteiger partial charge is 0.418 e. The van der Waals surface area contributed by atoms with Gasteiger partial charge in [0.2, 0.25) is 0 Å². The van der Waals surface area contributed by atoms with Crippen molar-refractivity contribution in [2.45, 2.75) is 45.1 Å². The number of hydrogen-bond donors (Lipinski definition) is 0. The number of aromatic nitrogens is 1. The maximum atomic E-state index is 12.5. The molecule has 0 amide bonds. The molecule has 0 N–H and O–H groups in total. The molecule has 0 saturated heterocycles. The van der Waals surface area contributed by atoms with Crippen molar-refractivity contribution in [2.75, 3.05) is 14.2 Å². The molecule has 0 atom stereocenters. The highest BCUT2D eigenvalue weighted by atomic mass is 16.6. The Morgan fingerprint density at radius 2 is 1.59 bits per heavy atom. The third-order valence-electron chi connectivity index (χ3n) is 6.19. The number of carbonyl (C=O) groups excluding carboxylic acids is 3. The topological polar surface area (TPSA) is 83.8 Å². The third-order valence-corrected chi connectivity index (χ3v) is 6.19. The Morgan fingerprint density at radius 3 is 2.10 bits per heavy atom. The van der Waals surface area contributed by atoms with E-state index >= 15 is 0 Å². The molecule has 2 bridgehead atoms. The quantitative estimate of drug-likeness (QED) is 0.579. The number of fused-ring (bicyclic) bond motifs is 1. The molecule has 1 aromatic heterocycles. The van der Waals surface area contributed by atoms with E-state index in [1.807, 2.05) is 45.0 Å². The van der Waals surface area contributed by atoms with Crippen molar-refractivity contribution in [2.24, 2.45) is 10.8 Å². The fraction of sp³-hybridized carbons (Fsp3) is 0.500. The first-order valence-electron chi connectivity index (χ1n) is 9.59. The molecule has 1 aromatic carbocycles. The number of ether oxygens (including phenoxy) is 3. The number of hydrogen-bond acceptors (Lipinski definition) is 6. The summed E-state index contributed by atoms with van der Waals surface area (Å²) in [6.07, 6.45) is 2.10. The third kappa shape index (κ3) is 2.59. The van der Waals surface area contributed by atoms with E-state index in [1.165, 1.54) is 18.8 Å². The zero-order valence-electron chi connectivity index (χ0n) is 17.3. The number of carbonyl (C=O) groups is 3. The molecule has 29 heavy (non-hydrogen) atoms. The van der Waals surface area contributed by atoms with Crippen LogP contribution in [-0.2, 0) is 23.8 Å². The zero-order chi connectivity index (χ0) is 21.2. The number of nitrogens with zero attached hydrogens (tertiary/aromatic N) is 1. The highest BCUT2D eigenvalue weighted by Gasteiger charge is 2.83. The van der Waals surface area contributed by atoms with Crippen molar-refractivity contribution >= 4 is 28.9 Å². The van der Waals surface area contributed by atoms with Gasteiger partial charge in [0.1, 0.15) is 5.60 Å². The Kier molecular flexibility index (Phi) is 4.09. The zero-order valence-corrected chi connectivity index (χ0v) is 17.3. The molecule has 0 unspecified atom stereocenters. The molecule has 3 aliphatic rings. The highest BCUT2D eigenvalue weighted by Crippen LogP contribution is 2.81. The lowest BCUT2D eigenvalue weighted by atomic mass is 9.28. The van der Waals surface area contributed by atoms with E-state index in [9.17, 15) is 14.4 Å². The van der Waals surface area contributed by atoms with Crippen LogP contribution in [0.3, 0.4) is 0 Å². The van der Waals surface area contributed by atoms with Crippen LogP contribution in [0.25, 0.3) is 10.9 Å². The van der Waals surface area contributed by atoms with Crippen molar-refractivity contribution in [1.82, 2.24) is 4.57 Å². The molecule has 1 heterocycles. The fourth-order valence-corrected chi connectivity index (χ4v) is 5.13. The van der Waals surface area contributed by atoms with Gasteiger partial charge in [-0.15, -0.1) is 0 Å². The van der Waals surface area contributed by atoms with Crippen molar-refractivity contribution < 1.29 is 28.6 Å². The lowest BCUT2D eigenvalue weighted by molar-refractivity contribution is -0.249. The summed E-state index contributed by atoms with van der Waals surface area (Å²) >= 11 is 0. The highest BCUT2D eigenvalue weighted by molar-refractivity contribution is 5.95. The second-order valence-electron chi connectivity index (χ2n) is 9.07. The number of methoxy groups -OCH3 is 2. The molecule has 2 aromatic rings. The van der Waals surface area contributed by atoms with Gasteiger partial charge in [-0.05, 0) is 57.4 Å². The predicted octanol–water partition coefficient (Wildman–Crippen LogP) is 3.63. The fourth-order valence-electron chi connectivity index (χ4n) is 5.13. The minimum atomic E-state index is -0.676. The van der Waals surface area contributed by atoms with E-state index < -0.39 is 22.5 Å². The molecule has 7 nitrogen and oxygen atoms in total. The summed E-state index contributed by atoms with van der Waals surface area (Å²) in [7, 11) is 2.74. The predicted molar refractivity (Wildman–Crippen MR) is 104 cm³/mol. The van der Waals surface area contributed by atoms with Gasteiger partial charge in [0.25, 0.3) is 0 Å². The SMILES string of the molecule is COC(=O)C12CC(C(=O)OC)(C1)C2c1ccc2c(ccn2C(=O)OC(C)(C)C)c1. The van der Waals surface area contributed by atoms with Crippen molar-refractivity contribution in [3.63, 3.8) is 0 Å². The first-order chi connectivity index (χ1) is 13.6. The molecule has 3 saturated carbocycles. The maximum Gasteiger partial charge on any atom is 0.418 e. The van der Waals surface area contributed by atoms with Crippen LogP contribution in [0.15, 0.2) is 30.5 Å².